The Labute approximate surface area is 120 Å². The van der Waals surface area contributed by atoms with Crippen LogP contribution in [0.15, 0.2) is 18.6 Å². The monoisotopic (exact) mass is 273 g/mol. The minimum absolute atomic E-state index is 0.616. The first-order chi connectivity index (χ1) is 9.83. The van der Waals surface area contributed by atoms with Gasteiger partial charge in [-0.1, -0.05) is 12.8 Å². The van der Waals surface area contributed by atoms with Gasteiger partial charge in [-0.2, -0.15) is 0 Å². The Bertz CT molecular complexity index is 571. The molecular formula is C15H23N5. The van der Waals surface area contributed by atoms with Crippen molar-refractivity contribution in [2.45, 2.75) is 45.6 Å². The molecule has 1 saturated carbocycles. The molecule has 0 spiro atoms. The average molecular weight is 273 g/mol. The molecule has 0 amide bonds. The standard InChI is InChI=1S/C15H23N5/c1-3-16-13-11-19-10-9-17-14(19)15(18-13)20(4-2)12-7-5-6-8-12/h9-12,16H,3-8H2,1-2H3. The Morgan fingerprint density at radius 1 is 1.35 bits per heavy atom. The van der Waals surface area contributed by atoms with E-state index in [0.717, 1.165) is 30.4 Å². The molecule has 0 aromatic carbocycles. The van der Waals surface area contributed by atoms with Crippen LogP contribution in [0.2, 0.25) is 0 Å². The first kappa shape index (κ1) is 13.2. The van der Waals surface area contributed by atoms with Crippen LogP contribution in [0.4, 0.5) is 11.6 Å². The molecule has 2 heterocycles. The first-order valence-corrected chi connectivity index (χ1v) is 7.67. The molecule has 3 rings (SSSR count). The van der Waals surface area contributed by atoms with Gasteiger partial charge in [0, 0.05) is 31.5 Å². The summed E-state index contributed by atoms with van der Waals surface area (Å²) in [6, 6.07) is 0.616. The van der Waals surface area contributed by atoms with Crippen LogP contribution in [-0.2, 0) is 0 Å². The highest BCUT2D eigenvalue weighted by atomic mass is 15.3. The molecule has 0 bridgehead atoms. The fraction of sp³-hybridized carbons (Fsp3) is 0.600. The van der Waals surface area contributed by atoms with Crippen molar-refractivity contribution in [1.82, 2.24) is 14.4 Å². The summed E-state index contributed by atoms with van der Waals surface area (Å²) in [7, 11) is 0. The van der Waals surface area contributed by atoms with Crippen molar-refractivity contribution in [1.29, 1.82) is 0 Å². The Balaban J connectivity index is 2.04. The topological polar surface area (TPSA) is 45.5 Å². The molecule has 20 heavy (non-hydrogen) atoms. The molecule has 2 aromatic rings. The van der Waals surface area contributed by atoms with Gasteiger partial charge in [-0.3, -0.25) is 0 Å². The Morgan fingerprint density at radius 3 is 2.85 bits per heavy atom. The minimum atomic E-state index is 0.616. The van der Waals surface area contributed by atoms with E-state index >= 15 is 0 Å². The molecule has 0 radical (unpaired) electrons. The van der Waals surface area contributed by atoms with E-state index in [1.165, 1.54) is 25.7 Å². The molecule has 0 saturated heterocycles. The van der Waals surface area contributed by atoms with Crippen molar-refractivity contribution < 1.29 is 0 Å². The van der Waals surface area contributed by atoms with Crippen LogP contribution < -0.4 is 10.2 Å². The van der Waals surface area contributed by atoms with E-state index in [1.54, 1.807) is 0 Å². The average Bonchev–Trinajstić information content (AvgIpc) is 3.10. The van der Waals surface area contributed by atoms with Crippen LogP contribution in [0.5, 0.6) is 0 Å². The number of rotatable bonds is 5. The molecule has 0 atom stereocenters. The lowest BCUT2D eigenvalue weighted by Crippen LogP contribution is -2.34. The summed E-state index contributed by atoms with van der Waals surface area (Å²) >= 11 is 0. The maximum Gasteiger partial charge on any atom is 0.180 e. The highest BCUT2D eigenvalue weighted by Gasteiger charge is 2.25. The van der Waals surface area contributed by atoms with Gasteiger partial charge in [0.1, 0.15) is 5.82 Å². The lowest BCUT2D eigenvalue weighted by Gasteiger charge is -2.29. The SMILES string of the molecule is CCNc1cn2ccnc2c(N(CC)C2CCCC2)n1. The summed E-state index contributed by atoms with van der Waals surface area (Å²) in [6.07, 6.45) is 11.1. The molecule has 108 valence electrons. The lowest BCUT2D eigenvalue weighted by atomic mass is 10.2. The summed E-state index contributed by atoms with van der Waals surface area (Å²) < 4.78 is 2.07. The normalized spacial score (nSPS) is 15.9. The van der Waals surface area contributed by atoms with E-state index < -0.39 is 0 Å². The largest absolute Gasteiger partial charge is 0.369 e. The van der Waals surface area contributed by atoms with Crippen molar-refractivity contribution in [2.75, 3.05) is 23.3 Å². The van der Waals surface area contributed by atoms with Crippen LogP contribution in [0.25, 0.3) is 5.65 Å². The van der Waals surface area contributed by atoms with E-state index in [9.17, 15) is 0 Å². The highest BCUT2D eigenvalue weighted by Crippen LogP contribution is 2.29. The minimum Gasteiger partial charge on any atom is -0.369 e. The quantitative estimate of drug-likeness (QED) is 0.910. The van der Waals surface area contributed by atoms with Crippen LogP contribution in [0.3, 0.4) is 0 Å². The molecule has 1 N–H and O–H groups in total. The zero-order chi connectivity index (χ0) is 13.9. The van der Waals surface area contributed by atoms with Gasteiger partial charge in [0.15, 0.2) is 11.5 Å². The number of hydrogen-bond acceptors (Lipinski definition) is 4. The summed E-state index contributed by atoms with van der Waals surface area (Å²) in [5, 5.41) is 3.31. The van der Waals surface area contributed by atoms with Gasteiger partial charge in [0.2, 0.25) is 0 Å². The van der Waals surface area contributed by atoms with Crippen molar-refractivity contribution in [3.63, 3.8) is 0 Å². The smallest absolute Gasteiger partial charge is 0.180 e. The summed E-state index contributed by atoms with van der Waals surface area (Å²) in [4.78, 5) is 11.7. The van der Waals surface area contributed by atoms with Gasteiger partial charge in [0.25, 0.3) is 0 Å². The fourth-order valence-corrected chi connectivity index (χ4v) is 3.17. The van der Waals surface area contributed by atoms with Crippen molar-refractivity contribution in [3.05, 3.63) is 18.6 Å². The van der Waals surface area contributed by atoms with Gasteiger partial charge in [-0.15, -0.1) is 0 Å². The number of fused-ring (bicyclic) bond motifs is 1. The van der Waals surface area contributed by atoms with Crippen molar-refractivity contribution in [2.24, 2.45) is 0 Å². The van der Waals surface area contributed by atoms with E-state index in [4.69, 9.17) is 4.98 Å². The first-order valence-electron chi connectivity index (χ1n) is 7.67. The van der Waals surface area contributed by atoms with Gasteiger partial charge in [-0.25, -0.2) is 9.97 Å². The predicted molar refractivity (Wildman–Crippen MR) is 82.4 cm³/mol. The van der Waals surface area contributed by atoms with E-state index in [1.807, 2.05) is 18.6 Å². The number of anilines is 2. The molecule has 1 aliphatic rings. The van der Waals surface area contributed by atoms with Crippen molar-refractivity contribution in [3.8, 4) is 0 Å². The summed E-state index contributed by atoms with van der Waals surface area (Å²) in [6.45, 7) is 6.16. The molecule has 1 fully saturated rings. The fourth-order valence-electron chi connectivity index (χ4n) is 3.17. The van der Waals surface area contributed by atoms with Crippen molar-refractivity contribution >= 4 is 17.3 Å². The molecule has 5 heteroatoms. The maximum absolute atomic E-state index is 4.81. The third-order valence-corrected chi connectivity index (χ3v) is 4.09. The second kappa shape index (κ2) is 5.69. The summed E-state index contributed by atoms with van der Waals surface area (Å²) in [5.41, 5.74) is 0.959. The number of imidazole rings is 1. The van der Waals surface area contributed by atoms with Gasteiger partial charge < -0.3 is 14.6 Å². The molecule has 0 aliphatic heterocycles. The third-order valence-electron chi connectivity index (χ3n) is 4.09. The van der Waals surface area contributed by atoms with Crippen LogP contribution in [-0.4, -0.2) is 33.5 Å². The number of aromatic nitrogens is 3. The van der Waals surface area contributed by atoms with Crippen LogP contribution >= 0.6 is 0 Å². The maximum atomic E-state index is 4.81. The number of nitrogens with one attached hydrogen (secondary N) is 1. The van der Waals surface area contributed by atoms with Crippen LogP contribution in [0, 0.1) is 0 Å². The molecule has 1 aliphatic carbocycles. The van der Waals surface area contributed by atoms with Gasteiger partial charge >= 0.3 is 0 Å². The zero-order valence-corrected chi connectivity index (χ0v) is 12.3. The Hall–Kier alpha value is -1.78. The molecule has 2 aromatic heterocycles. The van der Waals surface area contributed by atoms with Crippen LogP contribution in [0.1, 0.15) is 39.5 Å². The highest BCUT2D eigenvalue weighted by molar-refractivity contribution is 5.67. The second-order valence-corrected chi connectivity index (χ2v) is 5.36. The molecule has 5 nitrogen and oxygen atoms in total. The van der Waals surface area contributed by atoms with E-state index in [2.05, 4.69) is 33.4 Å². The number of nitrogens with zero attached hydrogens (tertiary/aromatic N) is 4. The third kappa shape index (κ3) is 2.32. The summed E-state index contributed by atoms with van der Waals surface area (Å²) in [5.74, 6) is 1.94. The van der Waals surface area contributed by atoms with Gasteiger partial charge in [-0.05, 0) is 26.7 Å². The van der Waals surface area contributed by atoms with Gasteiger partial charge in [0.05, 0.1) is 6.20 Å². The second-order valence-electron chi connectivity index (χ2n) is 5.36. The molecular weight excluding hydrogens is 250 g/mol. The Morgan fingerprint density at radius 2 is 2.15 bits per heavy atom. The zero-order valence-electron chi connectivity index (χ0n) is 12.3. The predicted octanol–water partition coefficient (Wildman–Crippen LogP) is 2.93. The van der Waals surface area contributed by atoms with E-state index in [-0.39, 0.29) is 0 Å². The van der Waals surface area contributed by atoms with E-state index in [0.29, 0.717) is 6.04 Å². The Kier molecular flexibility index (Phi) is 3.76. The lowest BCUT2D eigenvalue weighted by molar-refractivity contribution is 0.613. The molecule has 0 unspecified atom stereocenters. The number of hydrogen-bond donors (Lipinski definition) is 1.